The Morgan fingerprint density at radius 1 is 1.27 bits per heavy atom. The summed E-state index contributed by atoms with van der Waals surface area (Å²) >= 11 is 0. The van der Waals surface area contributed by atoms with E-state index in [1.165, 1.54) is 24.1 Å². The van der Waals surface area contributed by atoms with Crippen molar-refractivity contribution in [1.29, 1.82) is 0 Å². The summed E-state index contributed by atoms with van der Waals surface area (Å²) in [6, 6.07) is 0. The van der Waals surface area contributed by atoms with E-state index in [2.05, 4.69) is 23.8 Å². The molecule has 1 aromatic rings. The summed E-state index contributed by atoms with van der Waals surface area (Å²) in [5.41, 5.74) is 8.25. The highest BCUT2D eigenvalue weighted by Crippen LogP contribution is 2.29. The van der Waals surface area contributed by atoms with Gasteiger partial charge in [-0.2, -0.15) is 0 Å². The lowest BCUT2D eigenvalue weighted by Gasteiger charge is -2.17. The molecule has 2 N–H and O–H groups in total. The van der Waals surface area contributed by atoms with Crippen LogP contribution in [0.15, 0.2) is 6.33 Å². The number of hydrogen-bond donors (Lipinski definition) is 1. The van der Waals surface area contributed by atoms with Gasteiger partial charge in [-0.05, 0) is 37.5 Å². The first-order valence-corrected chi connectivity index (χ1v) is 5.76. The third kappa shape index (κ3) is 2.11. The smallest absolute Gasteiger partial charge is 0.130 e. The van der Waals surface area contributed by atoms with Gasteiger partial charge in [-0.25, -0.2) is 9.97 Å². The first-order chi connectivity index (χ1) is 7.18. The van der Waals surface area contributed by atoms with Crippen LogP contribution < -0.4 is 5.73 Å². The third-order valence-corrected chi connectivity index (χ3v) is 3.53. The second-order valence-electron chi connectivity index (χ2n) is 4.77. The summed E-state index contributed by atoms with van der Waals surface area (Å²) in [6.07, 6.45) is 6.16. The average molecular weight is 205 g/mol. The second-order valence-corrected chi connectivity index (χ2v) is 4.77. The molecule has 3 nitrogen and oxygen atoms in total. The van der Waals surface area contributed by atoms with Gasteiger partial charge in [0.15, 0.2) is 0 Å². The number of aromatic nitrogens is 2. The van der Waals surface area contributed by atoms with E-state index >= 15 is 0 Å². The highest BCUT2D eigenvalue weighted by molar-refractivity contribution is 5.41. The van der Waals surface area contributed by atoms with E-state index in [4.69, 9.17) is 5.73 Å². The molecule has 1 unspecified atom stereocenters. The summed E-state index contributed by atoms with van der Waals surface area (Å²) in [7, 11) is 0. The first-order valence-electron chi connectivity index (χ1n) is 5.76. The van der Waals surface area contributed by atoms with Crippen molar-refractivity contribution in [1.82, 2.24) is 9.97 Å². The fourth-order valence-corrected chi connectivity index (χ4v) is 2.42. The summed E-state index contributed by atoms with van der Waals surface area (Å²) in [4.78, 5) is 8.41. The lowest BCUT2D eigenvalue weighted by Crippen LogP contribution is -2.08. The zero-order valence-electron chi connectivity index (χ0n) is 9.53. The number of anilines is 1. The number of nitrogens with two attached hydrogens (primary N) is 1. The molecule has 0 aromatic carbocycles. The Hall–Kier alpha value is -1.12. The van der Waals surface area contributed by atoms with Gasteiger partial charge in [0.1, 0.15) is 12.1 Å². The molecule has 1 aliphatic rings. The largest absolute Gasteiger partial charge is 0.383 e. The molecule has 0 amide bonds. The molecule has 1 atom stereocenters. The molecule has 1 aromatic heterocycles. The fourth-order valence-electron chi connectivity index (χ4n) is 2.42. The van der Waals surface area contributed by atoms with Crippen LogP contribution in [-0.4, -0.2) is 9.97 Å². The zero-order chi connectivity index (χ0) is 10.8. The summed E-state index contributed by atoms with van der Waals surface area (Å²) in [6.45, 7) is 4.60. The number of hydrogen-bond acceptors (Lipinski definition) is 3. The van der Waals surface area contributed by atoms with Gasteiger partial charge in [0, 0.05) is 11.3 Å². The van der Waals surface area contributed by atoms with Crippen molar-refractivity contribution in [2.24, 2.45) is 11.8 Å². The van der Waals surface area contributed by atoms with Gasteiger partial charge in [-0.15, -0.1) is 0 Å². The number of nitrogens with zero attached hydrogens (tertiary/aromatic N) is 2. The van der Waals surface area contributed by atoms with Crippen molar-refractivity contribution in [2.45, 2.75) is 39.5 Å². The quantitative estimate of drug-likeness (QED) is 0.715. The molecule has 3 heteroatoms. The summed E-state index contributed by atoms with van der Waals surface area (Å²) in [5, 5.41) is 0. The van der Waals surface area contributed by atoms with Crippen LogP contribution in [0.3, 0.4) is 0 Å². The van der Waals surface area contributed by atoms with Gasteiger partial charge >= 0.3 is 0 Å². The Morgan fingerprint density at radius 3 is 2.73 bits per heavy atom. The van der Waals surface area contributed by atoms with Gasteiger partial charge in [0.25, 0.3) is 0 Å². The minimum Gasteiger partial charge on any atom is -0.383 e. The van der Waals surface area contributed by atoms with Crippen molar-refractivity contribution >= 4 is 5.82 Å². The molecule has 1 heterocycles. The van der Waals surface area contributed by atoms with Gasteiger partial charge in [-0.3, -0.25) is 0 Å². The van der Waals surface area contributed by atoms with E-state index in [1.54, 1.807) is 6.33 Å². The second kappa shape index (κ2) is 4.17. The molecule has 0 saturated heterocycles. The Kier molecular flexibility index (Phi) is 2.89. The van der Waals surface area contributed by atoms with Crippen LogP contribution in [0.4, 0.5) is 5.82 Å². The van der Waals surface area contributed by atoms with Gasteiger partial charge in [0.05, 0.1) is 0 Å². The lowest BCUT2D eigenvalue weighted by molar-refractivity contribution is 0.344. The van der Waals surface area contributed by atoms with E-state index < -0.39 is 0 Å². The molecule has 0 radical (unpaired) electrons. The molecule has 0 aliphatic heterocycles. The molecular weight excluding hydrogens is 186 g/mol. The molecule has 0 bridgehead atoms. The Morgan fingerprint density at radius 2 is 2.00 bits per heavy atom. The Labute approximate surface area is 91.1 Å². The number of nitrogen functional groups attached to an aromatic ring is 1. The van der Waals surface area contributed by atoms with Crippen molar-refractivity contribution in [3.8, 4) is 0 Å². The first kappa shape index (κ1) is 10.4. The molecule has 82 valence electrons. The monoisotopic (exact) mass is 205 g/mol. The van der Waals surface area contributed by atoms with Crippen molar-refractivity contribution in [2.75, 3.05) is 5.73 Å². The molecule has 15 heavy (non-hydrogen) atoms. The lowest BCUT2D eigenvalue weighted by atomic mass is 9.88. The predicted octanol–water partition coefficient (Wildman–Crippen LogP) is 2.21. The molecule has 1 aliphatic carbocycles. The number of fused-ring (bicyclic) bond motifs is 1. The summed E-state index contributed by atoms with van der Waals surface area (Å²) in [5.74, 6) is 2.25. The van der Waals surface area contributed by atoms with Crippen LogP contribution in [-0.2, 0) is 12.8 Å². The van der Waals surface area contributed by atoms with E-state index in [9.17, 15) is 0 Å². The fraction of sp³-hybridized carbons (Fsp3) is 0.667. The topological polar surface area (TPSA) is 51.8 Å². The van der Waals surface area contributed by atoms with Gasteiger partial charge in [-0.1, -0.05) is 13.8 Å². The van der Waals surface area contributed by atoms with E-state index in [-0.39, 0.29) is 0 Å². The Balaban J connectivity index is 2.22. The van der Waals surface area contributed by atoms with Crippen molar-refractivity contribution in [3.63, 3.8) is 0 Å². The van der Waals surface area contributed by atoms with Crippen LogP contribution in [0.5, 0.6) is 0 Å². The Bertz CT molecular complexity index is 347. The van der Waals surface area contributed by atoms with Crippen LogP contribution in [0.2, 0.25) is 0 Å². The number of aryl methyl sites for hydroxylation is 1. The maximum absolute atomic E-state index is 5.88. The van der Waals surface area contributed by atoms with Crippen LogP contribution in [0.25, 0.3) is 0 Å². The molecule has 2 rings (SSSR count). The zero-order valence-corrected chi connectivity index (χ0v) is 9.53. The van der Waals surface area contributed by atoms with Crippen molar-refractivity contribution < 1.29 is 0 Å². The average Bonchev–Trinajstić information content (AvgIpc) is 2.41. The predicted molar refractivity (Wildman–Crippen MR) is 61.4 cm³/mol. The molecule has 0 saturated carbocycles. The molecule has 0 spiro atoms. The SMILES string of the molecule is CC(C)C1CCc2ncnc(N)c2CC1. The maximum atomic E-state index is 5.88. The normalized spacial score (nSPS) is 21.1. The molecular formula is C12H19N3. The summed E-state index contributed by atoms with van der Waals surface area (Å²) < 4.78 is 0. The van der Waals surface area contributed by atoms with Crippen molar-refractivity contribution in [3.05, 3.63) is 17.6 Å². The van der Waals surface area contributed by atoms with Crippen LogP contribution >= 0.6 is 0 Å². The maximum Gasteiger partial charge on any atom is 0.130 e. The number of rotatable bonds is 1. The molecule has 0 fully saturated rings. The third-order valence-electron chi connectivity index (χ3n) is 3.53. The minimum atomic E-state index is 0.685. The van der Waals surface area contributed by atoms with E-state index in [0.717, 1.165) is 24.7 Å². The highest BCUT2D eigenvalue weighted by Gasteiger charge is 2.20. The van der Waals surface area contributed by atoms with Crippen LogP contribution in [0.1, 0.15) is 37.9 Å². The van der Waals surface area contributed by atoms with Crippen LogP contribution in [0, 0.1) is 11.8 Å². The van der Waals surface area contributed by atoms with E-state index in [1.807, 2.05) is 0 Å². The standard InChI is InChI=1S/C12H19N3/c1-8(2)9-3-5-10-11(6-4-9)14-7-15-12(10)13/h7-9H,3-6H2,1-2H3,(H2,13,14,15). The minimum absolute atomic E-state index is 0.685. The van der Waals surface area contributed by atoms with Gasteiger partial charge < -0.3 is 5.73 Å². The highest BCUT2D eigenvalue weighted by atomic mass is 14.9. The van der Waals surface area contributed by atoms with Gasteiger partial charge in [0.2, 0.25) is 0 Å². The van der Waals surface area contributed by atoms with E-state index in [0.29, 0.717) is 5.82 Å².